The molecule has 0 spiro atoms. The van der Waals surface area contributed by atoms with Crippen LogP contribution in [0.25, 0.3) is 0 Å². The Kier molecular flexibility index (Phi) is 2.45. The van der Waals surface area contributed by atoms with Gasteiger partial charge in [-0.25, -0.2) is 0 Å². The molecule has 2 radical (unpaired) electrons. The summed E-state index contributed by atoms with van der Waals surface area (Å²) < 4.78 is 5.59. The summed E-state index contributed by atoms with van der Waals surface area (Å²) in [5, 5.41) is 0. The molecular weight excluding hydrogens is 218 g/mol. The molecule has 4 nitrogen and oxygen atoms in total. The summed E-state index contributed by atoms with van der Waals surface area (Å²) >= 11 is 0. The van der Waals surface area contributed by atoms with Gasteiger partial charge in [-0.3, -0.25) is 15.3 Å². The van der Waals surface area contributed by atoms with Crippen molar-refractivity contribution in [1.82, 2.24) is 5.73 Å². The maximum Gasteiger partial charge on any atom is 0.283 e. The molecule has 1 amide bonds. The molecule has 0 aromatic heterocycles. The van der Waals surface area contributed by atoms with Crippen molar-refractivity contribution >= 4 is 12.2 Å². The monoisotopic (exact) mass is 231 g/mol. The second-order valence-electron chi connectivity index (χ2n) is 4.75. The molecule has 0 saturated heterocycles. The highest BCUT2D eigenvalue weighted by Gasteiger charge is 2.79. The van der Waals surface area contributed by atoms with Crippen LogP contribution in [-0.2, 0) is 9.59 Å². The van der Waals surface area contributed by atoms with Crippen molar-refractivity contribution < 1.29 is 14.3 Å². The Morgan fingerprint density at radius 3 is 2.35 bits per heavy atom. The minimum absolute atomic E-state index is 0.485. The zero-order chi connectivity index (χ0) is 12.7. The predicted molar refractivity (Wildman–Crippen MR) is 60.9 cm³/mol. The van der Waals surface area contributed by atoms with Gasteiger partial charge in [0.15, 0.2) is 0 Å². The van der Waals surface area contributed by atoms with E-state index < -0.39 is 22.8 Å². The lowest BCUT2D eigenvalue weighted by molar-refractivity contribution is -0.129. The lowest BCUT2D eigenvalue weighted by atomic mass is 10.1. The number of hydrogen-bond donors (Lipinski definition) is 0. The number of carbonyl (C=O) groups is 1. The Hall–Kier alpha value is -1.84. The molecule has 17 heavy (non-hydrogen) atoms. The van der Waals surface area contributed by atoms with Crippen molar-refractivity contribution in [2.24, 2.45) is 11.3 Å². The van der Waals surface area contributed by atoms with Gasteiger partial charge in [0.2, 0.25) is 11.9 Å². The van der Waals surface area contributed by atoms with Crippen molar-refractivity contribution in [1.29, 1.82) is 0 Å². The molecule has 2 unspecified atom stereocenters. The van der Waals surface area contributed by atoms with E-state index >= 15 is 0 Å². The van der Waals surface area contributed by atoms with Crippen LogP contribution in [0.3, 0.4) is 0 Å². The van der Waals surface area contributed by atoms with Crippen LogP contribution in [0.2, 0.25) is 0 Å². The van der Waals surface area contributed by atoms with Gasteiger partial charge in [-0.2, -0.15) is 0 Å². The second kappa shape index (κ2) is 3.58. The molecule has 0 heterocycles. The first kappa shape index (κ1) is 11.6. The summed E-state index contributed by atoms with van der Waals surface area (Å²) in [6.07, 6.45) is 1.81. The normalized spacial score (nSPS) is 29.4. The molecule has 1 N–H and O–H groups in total. The van der Waals surface area contributed by atoms with Gasteiger partial charge >= 0.3 is 0 Å². The van der Waals surface area contributed by atoms with Crippen LogP contribution >= 0.6 is 0 Å². The molecule has 1 aromatic rings. The molecule has 2 atom stereocenters. The summed E-state index contributed by atoms with van der Waals surface area (Å²) in [6.45, 7) is 3.47. The van der Waals surface area contributed by atoms with Crippen molar-refractivity contribution in [3.05, 3.63) is 30.3 Å². The van der Waals surface area contributed by atoms with Crippen LogP contribution in [0.1, 0.15) is 13.8 Å². The van der Waals surface area contributed by atoms with E-state index in [0.717, 1.165) is 0 Å². The van der Waals surface area contributed by atoms with E-state index in [9.17, 15) is 9.59 Å². The van der Waals surface area contributed by atoms with Gasteiger partial charge < -0.3 is 4.74 Å². The lowest BCUT2D eigenvalue weighted by Gasteiger charge is -2.18. The van der Waals surface area contributed by atoms with Gasteiger partial charge in [0.25, 0.3) is 5.91 Å². The highest BCUT2D eigenvalue weighted by Crippen LogP contribution is 2.62. The Labute approximate surface area is 99.8 Å². The first-order valence-electron chi connectivity index (χ1n) is 5.34. The van der Waals surface area contributed by atoms with Crippen molar-refractivity contribution in [3.63, 3.8) is 0 Å². The molecule has 1 saturated carbocycles. The number of rotatable bonds is 4. The average molecular weight is 231 g/mol. The fourth-order valence-electron chi connectivity index (χ4n) is 2.29. The third-order valence-corrected chi connectivity index (χ3v) is 3.48. The number of benzene rings is 1. The minimum atomic E-state index is -1.38. The van der Waals surface area contributed by atoms with Crippen molar-refractivity contribution in [3.8, 4) is 5.75 Å². The zero-order valence-corrected chi connectivity index (χ0v) is 9.69. The Bertz CT molecular complexity index is 455. The fraction of sp³-hybridized carbons (Fsp3) is 0.385. The minimum Gasteiger partial charge on any atom is -0.476 e. The predicted octanol–water partition coefficient (Wildman–Crippen LogP) is 1.38. The number of para-hydroxylation sites is 1. The quantitative estimate of drug-likeness (QED) is 0.786. The Balaban J connectivity index is 2.34. The van der Waals surface area contributed by atoms with E-state index in [-0.39, 0.29) is 0 Å². The molecule has 0 bridgehead atoms. The SMILES string of the molecule is CC1(C)C([C]=O)C1(Oc1ccccc1)C([NH])=O. The maximum absolute atomic E-state index is 11.5. The average Bonchev–Trinajstić information content (AvgIpc) is 2.76. The Morgan fingerprint density at radius 2 is 1.94 bits per heavy atom. The van der Waals surface area contributed by atoms with Crippen LogP contribution < -0.4 is 10.5 Å². The molecule has 1 fully saturated rings. The maximum atomic E-state index is 11.5. The largest absolute Gasteiger partial charge is 0.476 e. The first-order valence-corrected chi connectivity index (χ1v) is 5.34. The van der Waals surface area contributed by atoms with E-state index in [2.05, 4.69) is 0 Å². The highest BCUT2D eigenvalue weighted by atomic mass is 16.5. The number of nitrogens with one attached hydrogen (secondary N) is 1. The van der Waals surface area contributed by atoms with Gasteiger partial charge in [0, 0.05) is 5.41 Å². The van der Waals surface area contributed by atoms with Gasteiger partial charge in [-0.05, 0) is 12.1 Å². The number of hydrogen-bond acceptors (Lipinski definition) is 3. The van der Waals surface area contributed by atoms with E-state index in [1.807, 2.05) is 6.07 Å². The molecule has 1 aromatic carbocycles. The highest BCUT2D eigenvalue weighted by molar-refractivity contribution is 5.94. The fourth-order valence-corrected chi connectivity index (χ4v) is 2.29. The number of ether oxygens (including phenoxy) is 1. The lowest BCUT2D eigenvalue weighted by Crippen LogP contribution is -2.36. The first-order chi connectivity index (χ1) is 7.96. The van der Waals surface area contributed by atoms with E-state index in [4.69, 9.17) is 10.5 Å². The molecule has 2 rings (SSSR count). The van der Waals surface area contributed by atoms with E-state index in [1.54, 1.807) is 44.4 Å². The van der Waals surface area contributed by atoms with Crippen LogP contribution in [-0.4, -0.2) is 17.8 Å². The molecule has 1 aliphatic carbocycles. The van der Waals surface area contributed by atoms with Gasteiger partial charge in [-0.1, -0.05) is 32.0 Å². The van der Waals surface area contributed by atoms with Crippen LogP contribution in [0, 0.1) is 11.3 Å². The smallest absolute Gasteiger partial charge is 0.283 e. The zero-order valence-electron chi connectivity index (χ0n) is 9.69. The summed E-state index contributed by atoms with van der Waals surface area (Å²) in [5.41, 5.74) is 5.28. The number of carbonyl (C=O) groups excluding carboxylic acids is 2. The molecule has 4 heteroatoms. The van der Waals surface area contributed by atoms with E-state index in [0.29, 0.717) is 5.75 Å². The summed E-state index contributed by atoms with van der Waals surface area (Å²) in [6, 6.07) is 8.75. The molecule has 0 aliphatic heterocycles. The second-order valence-corrected chi connectivity index (χ2v) is 4.75. The van der Waals surface area contributed by atoms with Crippen molar-refractivity contribution in [2.75, 3.05) is 0 Å². The van der Waals surface area contributed by atoms with Gasteiger partial charge in [0.1, 0.15) is 5.75 Å². The third kappa shape index (κ3) is 1.44. The summed E-state index contributed by atoms with van der Waals surface area (Å²) in [5.74, 6) is -1.07. The van der Waals surface area contributed by atoms with Crippen LogP contribution in [0.4, 0.5) is 0 Å². The van der Waals surface area contributed by atoms with Gasteiger partial charge in [0.05, 0.1) is 5.92 Å². The van der Waals surface area contributed by atoms with Crippen LogP contribution in [0.15, 0.2) is 30.3 Å². The van der Waals surface area contributed by atoms with Gasteiger partial charge in [-0.15, -0.1) is 0 Å². The number of amides is 1. The topological polar surface area (TPSA) is 67.2 Å². The third-order valence-electron chi connectivity index (χ3n) is 3.48. The summed E-state index contributed by atoms with van der Waals surface area (Å²) in [7, 11) is 0. The molecule has 1 aliphatic rings. The molecular formula is C13H13NO3. The van der Waals surface area contributed by atoms with Crippen LogP contribution in [0.5, 0.6) is 5.75 Å². The molecule has 88 valence electrons. The Morgan fingerprint density at radius 1 is 1.35 bits per heavy atom. The van der Waals surface area contributed by atoms with Crippen molar-refractivity contribution in [2.45, 2.75) is 19.4 Å². The van der Waals surface area contributed by atoms with E-state index in [1.165, 1.54) is 0 Å². The standard InChI is InChI=1S/C13H13NO3/c1-12(2)10(8-15)13(12,11(14)16)17-9-6-4-3-5-7-9/h3-7,10,14H,1-2H3. The summed E-state index contributed by atoms with van der Waals surface area (Å²) in [4.78, 5) is 22.3.